The molecule has 26 heavy (non-hydrogen) atoms. The van der Waals surface area contributed by atoms with Crippen molar-refractivity contribution in [2.75, 3.05) is 18.4 Å². The highest BCUT2D eigenvalue weighted by Crippen LogP contribution is 2.21. The Labute approximate surface area is 155 Å². The van der Waals surface area contributed by atoms with Crippen LogP contribution < -0.4 is 10.5 Å². The molecule has 3 N–H and O–H groups in total. The zero-order valence-electron chi connectivity index (χ0n) is 15.1. The molecule has 1 aliphatic heterocycles. The van der Waals surface area contributed by atoms with E-state index in [1.807, 2.05) is 12.1 Å². The van der Waals surface area contributed by atoms with Crippen LogP contribution in [0.15, 0.2) is 47.5 Å². The van der Waals surface area contributed by atoms with Crippen LogP contribution in [-0.4, -0.2) is 31.4 Å². The molecule has 0 amide bonds. The molecular formula is C19H26N4O2S. The van der Waals surface area contributed by atoms with Crippen LogP contribution in [0.25, 0.3) is 0 Å². The Morgan fingerprint density at radius 1 is 1.23 bits per heavy atom. The summed E-state index contributed by atoms with van der Waals surface area (Å²) in [5.41, 5.74) is 2.39. The summed E-state index contributed by atoms with van der Waals surface area (Å²) in [6, 6.07) is 11.3. The predicted octanol–water partition coefficient (Wildman–Crippen LogP) is 2.57. The number of nitrogens with one attached hydrogen (secondary N) is 1. The number of likely N-dealkylation sites (tertiary alicyclic amines) is 1. The Morgan fingerprint density at radius 2 is 2.00 bits per heavy atom. The maximum Gasteiger partial charge on any atom is 0.241 e. The van der Waals surface area contributed by atoms with Crippen LogP contribution in [0.5, 0.6) is 0 Å². The standard InChI is InChI=1S/C19H26N4O2S/c1-15-6-5-11-23(13-15)14-17-8-3-2-7-16(17)12-22-19-18(26(20,24)25)9-4-10-21-19/h2-4,7-10,15H,5-6,11-14H2,1H3,(H,21,22)(H2,20,24,25)/t15-/m1/s1. The van der Waals surface area contributed by atoms with Crippen LogP contribution in [0.4, 0.5) is 5.82 Å². The molecule has 1 atom stereocenters. The molecule has 0 unspecified atom stereocenters. The molecule has 0 aliphatic carbocycles. The van der Waals surface area contributed by atoms with E-state index in [1.54, 1.807) is 12.3 Å². The third-order valence-corrected chi connectivity index (χ3v) is 5.72. The van der Waals surface area contributed by atoms with Gasteiger partial charge in [-0.25, -0.2) is 18.5 Å². The second-order valence-electron chi connectivity index (χ2n) is 7.00. The zero-order chi connectivity index (χ0) is 18.6. The highest BCUT2D eigenvalue weighted by Gasteiger charge is 2.18. The van der Waals surface area contributed by atoms with E-state index in [-0.39, 0.29) is 10.7 Å². The molecule has 1 aromatic heterocycles. The van der Waals surface area contributed by atoms with E-state index < -0.39 is 10.0 Å². The zero-order valence-corrected chi connectivity index (χ0v) is 15.9. The van der Waals surface area contributed by atoms with E-state index in [0.29, 0.717) is 6.54 Å². The third kappa shape index (κ3) is 4.81. The maximum absolute atomic E-state index is 11.7. The number of sulfonamides is 1. The summed E-state index contributed by atoms with van der Waals surface area (Å²) in [5, 5.41) is 8.41. The van der Waals surface area contributed by atoms with Crippen LogP contribution >= 0.6 is 0 Å². The highest BCUT2D eigenvalue weighted by atomic mass is 32.2. The second kappa shape index (κ2) is 8.16. The Kier molecular flexibility index (Phi) is 5.90. The van der Waals surface area contributed by atoms with Gasteiger partial charge in [0.25, 0.3) is 0 Å². The van der Waals surface area contributed by atoms with E-state index in [9.17, 15) is 8.42 Å². The average molecular weight is 375 g/mol. The monoisotopic (exact) mass is 374 g/mol. The number of benzene rings is 1. The minimum Gasteiger partial charge on any atom is -0.365 e. The number of piperidine rings is 1. The summed E-state index contributed by atoms with van der Waals surface area (Å²) < 4.78 is 23.4. The van der Waals surface area contributed by atoms with Gasteiger partial charge in [0.15, 0.2) is 0 Å². The van der Waals surface area contributed by atoms with Gasteiger partial charge in [0.2, 0.25) is 10.0 Å². The molecule has 1 aliphatic rings. The first-order chi connectivity index (χ1) is 12.4. The van der Waals surface area contributed by atoms with Gasteiger partial charge in [-0.15, -0.1) is 0 Å². The van der Waals surface area contributed by atoms with Gasteiger partial charge in [-0.3, -0.25) is 4.90 Å². The molecule has 0 radical (unpaired) electrons. The summed E-state index contributed by atoms with van der Waals surface area (Å²) in [6.07, 6.45) is 4.10. The number of hydrogen-bond acceptors (Lipinski definition) is 5. The van der Waals surface area contributed by atoms with Gasteiger partial charge in [-0.2, -0.15) is 0 Å². The van der Waals surface area contributed by atoms with Crippen molar-refractivity contribution in [2.45, 2.75) is 37.8 Å². The van der Waals surface area contributed by atoms with Gasteiger partial charge in [0.1, 0.15) is 10.7 Å². The molecule has 6 nitrogen and oxygen atoms in total. The summed E-state index contributed by atoms with van der Waals surface area (Å²) >= 11 is 0. The normalized spacial score (nSPS) is 18.6. The smallest absolute Gasteiger partial charge is 0.241 e. The van der Waals surface area contributed by atoms with Crippen molar-refractivity contribution in [2.24, 2.45) is 11.1 Å². The lowest BCUT2D eigenvalue weighted by Gasteiger charge is -2.31. The Morgan fingerprint density at radius 3 is 2.73 bits per heavy atom. The Hall–Kier alpha value is -1.96. The van der Waals surface area contributed by atoms with E-state index in [1.165, 1.54) is 24.5 Å². The fourth-order valence-corrected chi connectivity index (χ4v) is 4.15. The average Bonchev–Trinajstić information content (AvgIpc) is 2.60. The molecule has 0 spiro atoms. The van der Waals surface area contributed by atoms with Gasteiger partial charge < -0.3 is 5.32 Å². The fourth-order valence-electron chi connectivity index (χ4n) is 3.49. The van der Waals surface area contributed by atoms with Crippen LogP contribution in [0, 0.1) is 5.92 Å². The second-order valence-corrected chi connectivity index (χ2v) is 8.53. The molecule has 1 fully saturated rings. The molecule has 0 saturated carbocycles. The van der Waals surface area contributed by atoms with E-state index in [4.69, 9.17) is 5.14 Å². The summed E-state index contributed by atoms with van der Waals surface area (Å²) in [7, 11) is -3.81. The SMILES string of the molecule is C[C@@H]1CCCN(Cc2ccccc2CNc2ncccc2S(N)(=O)=O)C1. The number of primary sulfonamides is 1. The lowest BCUT2D eigenvalue weighted by molar-refractivity contribution is 0.176. The van der Waals surface area contributed by atoms with Crippen LogP contribution in [0.3, 0.4) is 0 Å². The molecule has 2 heterocycles. The van der Waals surface area contributed by atoms with Crippen molar-refractivity contribution in [1.82, 2.24) is 9.88 Å². The van der Waals surface area contributed by atoms with Gasteiger partial charge in [-0.05, 0) is 48.6 Å². The summed E-state index contributed by atoms with van der Waals surface area (Å²) in [5.74, 6) is 1.02. The van der Waals surface area contributed by atoms with Gasteiger partial charge >= 0.3 is 0 Å². The van der Waals surface area contributed by atoms with Crippen molar-refractivity contribution >= 4 is 15.8 Å². The first-order valence-corrected chi connectivity index (χ1v) is 10.5. The van der Waals surface area contributed by atoms with E-state index in [0.717, 1.165) is 31.1 Å². The lowest BCUT2D eigenvalue weighted by Crippen LogP contribution is -2.34. The first-order valence-electron chi connectivity index (χ1n) is 8.94. The molecule has 2 aromatic rings. The van der Waals surface area contributed by atoms with Gasteiger partial charge in [0, 0.05) is 25.8 Å². The number of aromatic nitrogens is 1. The number of hydrogen-bond donors (Lipinski definition) is 2. The number of pyridine rings is 1. The van der Waals surface area contributed by atoms with Crippen LogP contribution in [0.1, 0.15) is 30.9 Å². The summed E-state index contributed by atoms with van der Waals surface area (Å²) in [4.78, 5) is 6.64. The number of rotatable bonds is 6. The number of nitrogens with two attached hydrogens (primary N) is 1. The van der Waals surface area contributed by atoms with Crippen molar-refractivity contribution in [3.63, 3.8) is 0 Å². The van der Waals surface area contributed by atoms with Crippen molar-refractivity contribution < 1.29 is 8.42 Å². The summed E-state index contributed by atoms with van der Waals surface area (Å²) in [6.45, 7) is 5.96. The fraction of sp³-hybridized carbons (Fsp3) is 0.421. The number of anilines is 1. The minimum atomic E-state index is -3.81. The van der Waals surface area contributed by atoms with Gasteiger partial charge in [0.05, 0.1) is 0 Å². The largest absolute Gasteiger partial charge is 0.365 e. The molecule has 3 rings (SSSR count). The maximum atomic E-state index is 11.7. The number of nitrogens with zero attached hydrogens (tertiary/aromatic N) is 2. The molecule has 7 heteroatoms. The minimum absolute atomic E-state index is 0.0161. The van der Waals surface area contributed by atoms with E-state index in [2.05, 4.69) is 34.3 Å². The molecular weight excluding hydrogens is 348 g/mol. The first kappa shape index (κ1) is 18.8. The Bertz CT molecular complexity index is 854. The molecule has 1 aromatic carbocycles. The van der Waals surface area contributed by atoms with Crippen LogP contribution in [0.2, 0.25) is 0 Å². The van der Waals surface area contributed by atoms with Gasteiger partial charge in [-0.1, -0.05) is 31.2 Å². The highest BCUT2D eigenvalue weighted by molar-refractivity contribution is 7.89. The van der Waals surface area contributed by atoms with Crippen LogP contribution in [-0.2, 0) is 23.1 Å². The van der Waals surface area contributed by atoms with Crippen molar-refractivity contribution in [3.05, 3.63) is 53.7 Å². The molecule has 140 valence electrons. The third-order valence-electron chi connectivity index (χ3n) is 4.78. The topological polar surface area (TPSA) is 88.3 Å². The Balaban J connectivity index is 1.73. The predicted molar refractivity (Wildman–Crippen MR) is 103 cm³/mol. The molecule has 0 bridgehead atoms. The van der Waals surface area contributed by atoms with E-state index >= 15 is 0 Å². The van der Waals surface area contributed by atoms with Crippen molar-refractivity contribution in [3.8, 4) is 0 Å². The quantitative estimate of drug-likeness (QED) is 0.811. The van der Waals surface area contributed by atoms with Crippen molar-refractivity contribution in [1.29, 1.82) is 0 Å². The lowest BCUT2D eigenvalue weighted by atomic mass is 9.99. The molecule has 1 saturated heterocycles.